The summed E-state index contributed by atoms with van der Waals surface area (Å²) in [6.45, 7) is -0.317. The molecule has 0 aliphatic carbocycles. The van der Waals surface area contributed by atoms with Crippen molar-refractivity contribution >= 4 is 11.7 Å². The lowest BCUT2D eigenvalue weighted by atomic mass is 10.1. The summed E-state index contributed by atoms with van der Waals surface area (Å²) in [5.41, 5.74) is 5.49. The number of esters is 1. The van der Waals surface area contributed by atoms with Crippen LogP contribution in [0.1, 0.15) is 21.5 Å². The number of anilines is 1. The molecule has 0 saturated heterocycles. The molecule has 0 fully saturated rings. The van der Waals surface area contributed by atoms with Gasteiger partial charge in [0.25, 0.3) is 0 Å². The van der Waals surface area contributed by atoms with Gasteiger partial charge in [0.2, 0.25) is 0 Å². The summed E-state index contributed by atoms with van der Waals surface area (Å²) in [7, 11) is 0. The number of carbonyl (C=O) groups excluding carboxylic acids is 1. The number of rotatable bonds is 3. The second kappa shape index (κ2) is 6.01. The molecule has 0 aliphatic rings. The van der Waals surface area contributed by atoms with Gasteiger partial charge in [-0.1, -0.05) is 6.07 Å². The highest BCUT2D eigenvalue weighted by atomic mass is 19.1. The van der Waals surface area contributed by atoms with Crippen LogP contribution >= 0.6 is 0 Å². The van der Waals surface area contributed by atoms with Crippen molar-refractivity contribution in [2.75, 3.05) is 5.73 Å². The molecule has 2 N–H and O–H groups in total. The van der Waals surface area contributed by atoms with E-state index in [1.165, 1.54) is 24.3 Å². The predicted molar refractivity (Wildman–Crippen MR) is 71.0 cm³/mol. The van der Waals surface area contributed by atoms with E-state index in [-0.39, 0.29) is 29.0 Å². The Morgan fingerprint density at radius 3 is 2.57 bits per heavy atom. The molecule has 21 heavy (non-hydrogen) atoms. The number of ether oxygens (including phenoxy) is 1. The Morgan fingerprint density at radius 2 is 1.95 bits per heavy atom. The molecule has 106 valence electrons. The Morgan fingerprint density at radius 1 is 1.19 bits per heavy atom. The number of carbonyl (C=O) groups is 1. The van der Waals surface area contributed by atoms with Gasteiger partial charge in [0.05, 0.1) is 22.9 Å². The average molecular weight is 288 g/mol. The van der Waals surface area contributed by atoms with Crippen LogP contribution in [0.4, 0.5) is 14.5 Å². The van der Waals surface area contributed by atoms with Gasteiger partial charge < -0.3 is 10.5 Å². The van der Waals surface area contributed by atoms with Gasteiger partial charge in [0.15, 0.2) is 0 Å². The van der Waals surface area contributed by atoms with Gasteiger partial charge in [-0.15, -0.1) is 0 Å². The van der Waals surface area contributed by atoms with E-state index in [1.54, 1.807) is 6.07 Å². The maximum absolute atomic E-state index is 13.6. The van der Waals surface area contributed by atoms with E-state index in [0.29, 0.717) is 0 Å². The van der Waals surface area contributed by atoms with Crippen molar-refractivity contribution in [1.29, 1.82) is 5.26 Å². The lowest BCUT2D eigenvalue weighted by molar-refractivity contribution is 0.0468. The van der Waals surface area contributed by atoms with E-state index in [0.717, 1.165) is 12.1 Å². The number of benzene rings is 2. The van der Waals surface area contributed by atoms with E-state index >= 15 is 0 Å². The third-order valence-electron chi connectivity index (χ3n) is 2.78. The molecule has 0 aromatic heterocycles. The Kier molecular flexibility index (Phi) is 4.14. The van der Waals surface area contributed by atoms with E-state index in [4.69, 9.17) is 15.7 Å². The minimum Gasteiger partial charge on any atom is -0.457 e. The van der Waals surface area contributed by atoms with Crippen LogP contribution < -0.4 is 5.73 Å². The number of hydrogen-bond donors (Lipinski definition) is 1. The van der Waals surface area contributed by atoms with Crippen LogP contribution in [0.15, 0.2) is 36.4 Å². The van der Waals surface area contributed by atoms with E-state index in [1.807, 2.05) is 0 Å². The zero-order chi connectivity index (χ0) is 15.4. The summed E-state index contributed by atoms with van der Waals surface area (Å²) in [6.07, 6.45) is 0. The Hall–Kier alpha value is -2.94. The van der Waals surface area contributed by atoms with Crippen LogP contribution in [0, 0.1) is 23.0 Å². The lowest BCUT2D eigenvalue weighted by Gasteiger charge is -2.07. The first-order valence-electron chi connectivity index (χ1n) is 5.92. The first-order chi connectivity index (χ1) is 10.0. The van der Waals surface area contributed by atoms with E-state index in [9.17, 15) is 13.6 Å². The molecule has 2 aromatic carbocycles. The standard InChI is InChI=1S/C15H10F2N2O2/c16-12-5-9(7-18)1-2-11(12)8-21-15(20)10-3-4-14(19)13(17)6-10/h1-6H,8,19H2. The quantitative estimate of drug-likeness (QED) is 0.696. The fourth-order valence-corrected chi connectivity index (χ4v) is 1.61. The molecule has 0 bridgehead atoms. The number of nitriles is 1. The highest BCUT2D eigenvalue weighted by molar-refractivity contribution is 5.89. The van der Waals surface area contributed by atoms with Crippen LogP contribution in [-0.2, 0) is 11.3 Å². The van der Waals surface area contributed by atoms with Crippen molar-refractivity contribution in [3.05, 3.63) is 64.7 Å². The monoisotopic (exact) mass is 288 g/mol. The fourth-order valence-electron chi connectivity index (χ4n) is 1.61. The fraction of sp³-hybridized carbons (Fsp3) is 0.0667. The normalized spacial score (nSPS) is 9.95. The van der Waals surface area contributed by atoms with Crippen molar-refractivity contribution < 1.29 is 18.3 Å². The first-order valence-corrected chi connectivity index (χ1v) is 5.92. The summed E-state index contributed by atoms with van der Waals surface area (Å²) in [5.74, 6) is -2.17. The van der Waals surface area contributed by atoms with Gasteiger partial charge in [0, 0.05) is 5.56 Å². The van der Waals surface area contributed by atoms with Crippen molar-refractivity contribution in [3.63, 3.8) is 0 Å². The molecule has 6 heteroatoms. The van der Waals surface area contributed by atoms with Crippen molar-refractivity contribution in [2.45, 2.75) is 6.61 Å². The smallest absolute Gasteiger partial charge is 0.338 e. The van der Waals surface area contributed by atoms with Crippen LogP contribution in [0.2, 0.25) is 0 Å². The lowest BCUT2D eigenvalue weighted by Crippen LogP contribution is -2.07. The zero-order valence-electron chi connectivity index (χ0n) is 10.8. The topological polar surface area (TPSA) is 76.1 Å². The Labute approximate surface area is 119 Å². The summed E-state index contributed by atoms with van der Waals surface area (Å²) in [6, 6.07) is 9.12. The molecule has 0 aliphatic heterocycles. The van der Waals surface area contributed by atoms with Gasteiger partial charge in [-0.2, -0.15) is 5.26 Å². The third-order valence-corrected chi connectivity index (χ3v) is 2.78. The van der Waals surface area contributed by atoms with Gasteiger partial charge in [-0.25, -0.2) is 13.6 Å². The van der Waals surface area contributed by atoms with Crippen molar-refractivity contribution in [1.82, 2.24) is 0 Å². The van der Waals surface area contributed by atoms with Gasteiger partial charge in [-0.05, 0) is 30.3 Å². The molecule has 0 radical (unpaired) electrons. The van der Waals surface area contributed by atoms with Crippen LogP contribution in [0.5, 0.6) is 0 Å². The maximum Gasteiger partial charge on any atom is 0.338 e. The van der Waals surface area contributed by atoms with Crippen molar-refractivity contribution in [2.24, 2.45) is 0 Å². The van der Waals surface area contributed by atoms with Gasteiger partial charge in [-0.3, -0.25) is 0 Å². The minimum absolute atomic E-state index is 0.0178. The molecular weight excluding hydrogens is 278 g/mol. The van der Waals surface area contributed by atoms with Gasteiger partial charge in [0.1, 0.15) is 18.2 Å². The highest BCUT2D eigenvalue weighted by Crippen LogP contribution is 2.15. The van der Waals surface area contributed by atoms with Crippen LogP contribution in [-0.4, -0.2) is 5.97 Å². The molecule has 4 nitrogen and oxygen atoms in total. The average Bonchev–Trinajstić information content (AvgIpc) is 2.48. The first kappa shape index (κ1) is 14.5. The number of nitrogens with two attached hydrogens (primary N) is 1. The van der Waals surface area contributed by atoms with Crippen LogP contribution in [0.3, 0.4) is 0 Å². The summed E-state index contributed by atoms with van der Waals surface area (Å²) >= 11 is 0. The largest absolute Gasteiger partial charge is 0.457 e. The highest BCUT2D eigenvalue weighted by Gasteiger charge is 2.12. The summed E-state index contributed by atoms with van der Waals surface area (Å²) < 4.78 is 31.7. The van der Waals surface area contributed by atoms with E-state index < -0.39 is 17.6 Å². The molecule has 0 heterocycles. The molecule has 0 unspecified atom stereocenters. The van der Waals surface area contributed by atoms with Crippen LogP contribution in [0.25, 0.3) is 0 Å². The SMILES string of the molecule is N#Cc1ccc(COC(=O)c2ccc(N)c(F)c2)c(F)c1. The number of nitrogens with zero attached hydrogens (tertiary/aromatic N) is 1. The summed E-state index contributed by atoms with van der Waals surface area (Å²) in [4.78, 5) is 11.7. The number of hydrogen-bond acceptors (Lipinski definition) is 4. The van der Waals surface area contributed by atoms with Crippen molar-refractivity contribution in [3.8, 4) is 6.07 Å². The zero-order valence-corrected chi connectivity index (χ0v) is 10.8. The van der Waals surface area contributed by atoms with E-state index in [2.05, 4.69) is 0 Å². The second-order valence-corrected chi connectivity index (χ2v) is 4.23. The molecule has 0 saturated carbocycles. The summed E-state index contributed by atoms with van der Waals surface area (Å²) in [5, 5.41) is 8.62. The predicted octanol–water partition coefficient (Wildman–Crippen LogP) is 2.78. The number of halogens is 2. The molecule has 0 amide bonds. The Balaban J connectivity index is 2.07. The molecule has 2 aromatic rings. The third kappa shape index (κ3) is 3.34. The molecule has 0 spiro atoms. The molecule has 2 rings (SSSR count). The Bertz CT molecular complexity index is 739. The number of nitrogen functional groups attached to an aromatic ring is 1. The van der Waals surface area contributed by atoms with Gasteiger partial charge >= 0.3 is 5.97 Å². The molecular formula is C15H10F2N2O2. The second-order valence-electron chi connectivity index (χ2n) is 4.23. The maximum atomic E-state index is 13.6. The minimum atomic E-state index is -0.794. The molecule has 0 atom stereocenters.